The van der Waals surface area contributed by atoms with E-state index in [1.807, 2.05) is 0 Å². The van der Waals surface area contributed by atoms with Crippen LogP contribution in [-0.4, -0.2) is 37.7 Å². The largest absolute Gasteiger partial charge is 0.383 e. The molecule has 0 fully saturated rings. The van der Waals surface area contributed by atoms with Crippen LogP contribution in [0.4, 0.5) is 0 Å². The zero-order valence-corrected chi connectivity index (χ0v) is 13.4. The molecule has 0 amide bonds. The van der Waals surface area contributed by atoms with Crippen LogP contribution < -0.4 is 5.73 Å². The van der Waals surface area contributed by atoms with E-state index in [9.17, 15) is 0 Å². The Hall–Kier alpha value is -0.900. The van der Waals surface area contributed by atoms with Crippen molar-refractivity contribution in [2.24, 2.45) is 5.73 Å². The minimum atomic E-state index is 0.115. The number of nitrogens with zero attached hydrogens (tertiary/aromatic N) is 1. The van der Waals surface area contributed by atoms with E-state index in [2.05, 4.69) is 49.9 Å². The summed E-state index contributed by atoms with van der Waals surface area (Å²) in [5.41, 5.74) is 8.81. The van der Waals surface area contributed by atoms with Crippen LogP contribution in [-0.2, 0) is 4.74 Å². The molecular formula is C17H30N2O. The fourth-order valence-corrected chi connectivity index (χ4v) is 2.30. The number of rotatable bonds is 9. The molecule has 0 aliphatic rings. The molecular weight excluding hydrogens is 248 g/mol. The molecule has 0 heterocycles. The number of ether oxygens (including phenoxy) is 1. The smallest absolute Gasteiger partial charge is 0.0589 e. The van der Waals surface area contributed by atoms with Crippen LogP contribution in [0.15, 0.2) is 24.3 Å². The monoisotopic (exact) mass is 278 g/mol. The summed E-state index contributed by atoms with van der Waals surface area (Å²) in [7, 11) is 1.76. The van der Waals surface area contributed by atoms with E-state index < -0.39 is 0 Å². The second-order valence-electron chi connectivity index (χ2n) is 5.59. The molecule has 114 valence electrons. The van der Waals surface area contributed by atoms with E-state index in [4.69, 9.17) is 10.5 Å². The molecule has 2 atom stereocenters. The first-order valence-electron chi connectivity index (χ1n) is 7.63. The number of hydrogen-bond donors (Lipinski definition) is 1. The summed E-state index contributed by atoms with van der Waals surface area (Å²) in [5.74, 6) is 0. The fraction of sp³-hybridized carbons (Fsp3) is 0.647. The van der Waals surface area contributed by atoms with Gasteiger partial charge in [0.25, 0.3) is 0 Å². The molecule has 1 rings (SSSR count). The Morgan fingerprint density at radius 1 is 1.20 bits per heavy atom. The van der Waals surface area contributed by atoms with E-state index in [0.29, 0.717) is 6.04 Å². The molecule has 1 aromatic rings. The van der Waals surface area contributed by atoms with Gasteiger partial charge in [0.15, 0.2) is 0 Å². The molecule has 0 aliphatic carbocycles. The molecule has 20 heavy (non-hydrogen) atoms. The van der Waals surface area contributed by atoms with Gasteiger partial charge >= 0.3 is 0 Å². The molecule has 0 saturated carbocycles. The Bertz CT molecular complexity index is 364. The van der Waals surface area contributed by atoms with Crippen molar-refractivity contribution in [1.29, 1.82) is 0 Å². The minimum absolute atomic E-state index is 0.115. The van der Waals surface area contributed by atoms with Gasteiger partial charge in [-0.1, -0.05) is 36.8 Å². The van der Waals surface area contributed by atoms with E-state index >= 15 is 0 Å². The lowest BCUT2D eigenvalue weighted by molar-refractivity contribution is 0.120. The normalized spacial score (nSPS) is 14.5. The molecule has 0 spiro atoms. The van der Waals surface area contributed by atoms with E-state index in [1.54, 1.807) is 7.11 Å². The number of methoxy groups -OCH3 is 1. The summed E-state index contributed by atoms with van der Waals surface area (Å²) in [6.45, 7) is 9.38. The van der Waals surface area contributed by atoms with E-state index in [-0.39, 0.29) is 6.04 Å². The standard InChI is InChI=1S/C17H30N2O/c1-5-15(3)19(12-13-20-4)11-10-17(18)16-8-6-14(2)7-9-16/h6-9,15,17H,5,10-13,18H2,1-4H3. The highest BCUT2D eigenvalue weighted by Gasteiger charge is 2.14. The van der Waals surface area contributed by atoms with Crippen molar-refractivity contribution in [3.05, 3.63) is 35.4 Å². The van der Waals surface area contributed by atoms with Gasteiger partial charge in [0.1, 0.15) is 0 Å². The highest BCUT2D eigenvalue weighted by atomic mass is 16.5. The third-order valence-corrected chi connectivity index (χ3v) is 4.03. The Morgan fingerprint density at radius 2 is 1.85 bits per heavy atom. The van der Waals surface area contributed by atoms with Gasteiger partial charge in [-0.05, 0) is 32.3 Å². The average molecular weight is 278 g/mol. The molecule has 0 aromatic heterocycles. The lowest BCUT2D eigenvalue weighted by Gasteiger charge is -2.29. The Morgan fingerprint density at radius 3 is 2.40 bits per heavy atom. The van der Waals surface area contributed by atoms with E-state index in [1.165, 1.54) is 11.1 Å². The first-order chi connectivity index (χ1) is 9.58. The first-order valence-corrected chi connectivity index (χ1v) is 7.63. The maximum atomic E-state index is 6.31. The fourth-order valence-electron chi connectivity index (χ4n) is 2.30. The maximum Gasteiger partial charge on any atom is 0.0589 e. The Kier molecular flexibility index (Phi) is 7.82. The van der Waals surface area contributed by atoms with Crippen LogP contribution in [0, 0.1) is 6.92 Å². The summed E-state index contributed by atoms with van der Waals surface area (Å²) >= 11 is 0. The zero-order valence-electron chi connectivity index (χ0n) is 13.4. The van der Waals surface area contributed by atoms with Gasteiger partial charge in [0.05, 0.1) is 6.61 Å². The zero-order chi connectivity index (χ0) is 15.0. The van der Waals surface area contributed by atoms with Crippen LogP contribution in [0.1, 0.15) is 43.9 Å². The van der Waals surface area contributed by atoms with Gasteiger partial charge in [-0.25, -0.2) is 0 Å². The third kappa shape index (κ3) is 5.61. The van der Waals surface area contributed by atoms with Crippen LogP contribution in [0.25, 0.3) is 0 Å². The van der Waals surface area contributed by atoms with Crippen molar-refractivity contribution in [3.63, 3.8) is 0 Å². The van der Waals surface area contributed by atoms with Gasteiger partial charge in [-0.2, -0.15) is 0 Å². The van der Waals surface area contributed by atoms with Gasteiger partial charge < -0.3 is 10.5 Å². The maximum absolute atomic E-state index is 6.31. The second-order valence-corrected chi connectivity index (χ2v) is 5.59. The van der Waals surface area contributed by atoms with E-state index in [0.717, 1.165) is 32.5 Å². The molecule has 2 unspecified atom stereocenters. The van der Waals surface area contributed by atoms with Crippen molar-refractivity contribution in [2.75, 3.05) is 26.8 Å². The lowest BCUT2D eigenvalue weighted by atomic mass is 10.0. The van der Waals surface area contributed by atoms with Gasteiger partial charge in [-0.3, -0.25) is 4.90 Å². The second kappa shape index (κ2) is 9.11. The summed E-state index contributed by atoms with van der Waals surface area (Å²) in [6.07, 6.45) is 2.14. The number of nitrogens with two attached hydrogens (primary N) is 1. The Balaban J connectivity index is 2.50. The van der Waals surface area contributed by atoms with Gasteiger partial charge in [-0.15, -0.1) is 0 Å². The molecule has 3 heteroatoms. The molecule has 0 bridgehead atoms. The molecule has 0 saturated heterocycles. The Labute approximate surface area is 124 Å². The lowest BCUT2D eigenvalue weighted by Crippen LogP contribution is -2.37. The number of benzene rings is 1. The van der Waals surface area contributed by atoms with Crippen molar-refractivity contribution >= 4 is 0 Å². The topological polar surface area (TPSA) is 38.5 Å². The molecule has 3 nitrogen and oxygen atoms in total. The molecule has 1 aromatic carbocycles. The highest BCUT2D eigenvalue weighted by Crippen LogP contribution is 2.16. The van der Waals surface area contributed by atoms with Crippen LogP contribution in [0.3, 0.4) is 0 Å². The summed E-state index contributed by atoms with van der Waals surface area (Å²) in [4.78, 5) is 2.47. The SMILES string of the molecule is CCC(C)N(CCOC)CCC(N)c1ccc(C)cc1. The highest BCUT2D eigenvalue weighted by molar-refractivity contribution is 5.23. The average Bonchev–Trinajstić information content (AvgIpc) is 2.47. The predicted octanol–water partition coefficient (Wildman–Crippen LogP) is 3.13. The van der Waals surface area contributed by atoms with Gasteiger partial charge in [0, 0.05) is 32.3 Å². The molecule has 0 radical (unpaired) electrons. The van der Waals surface area contributed by atoms with Crippen LogP contribution in [0.2, 0.25) is 0 Å². The van der Waals surface area contributed by atoms with Crippen LogP contribution in [0.5, 0.6) is 0 Å². The van der Waals surface area contributed by atoms with Crippen molar-refractivity contribution < 1.29 is 4.74 Å². The van der Waals surface area contributed by atoms with Crippen LogP contribution >= 0.6 is 0 Å². The van der Waals surface area contributed by atoms with Crippen molar-refractivity contribution in [1.82, 2.24) is 4.90 Å². The van der Waals surface area contributed by atoms with Crippen molar-refractivity contribution in [2.45, 2.75) is 45.7 Å². The predicted molar refractivity (Wildman–Crippen MR) is 85.9 cm³/mol. The number of hydrogen-bond acceptors (Lipinski definition) is 3. The van der Waals surface area contributed by atoms with Gasteiger partial charge in [0.2, 0.25) is 0 Å². The molecule has 2 N–H and O–H groups in total. The molecule has 0 aliphatic heterocycles. The third-order valence-electron chi connectivity index (χ3n) is 4.03. The summed E-state index contributed by atoms with van der Waals surface area (Å²) in [5, 5.41) is 0. The number of aryl methyl sites for hydroxylation is 1. The minimum Gasteiger partial charge on any atom is -0.383 e. The quantitative estimate of drug-likeness (QED) is 0.754. The summed E-state index contributed by atoms with van der Waals surface area (Å²) in [6, 6.07) is 9.24. The summed E-state index contributed by atoms with van der Waals surface area (Å²) < 4.78 is 5.20. The first kappa shape index (κ1) is 17.2. The van der Waals surface area contributed by atoms with Crippen molar-refractivity contribution in [3.8, 4) is 0 Å².